The Morgan fingerprint density at radius 3 is 2.74 bits per heavy atom. The zero-order valence-corrected chi connectivity index (χ0v) is 11.4. The van der Waals surface area contributed by atoms with Crippen LogP contribution in [0.4, 0.5) is 0 Å². The number of carbonyl (C=O) groups excluding carboxylic acids is 1. The molecule has 3 rings (SSSR count). The highest BCUT2D eigenvalue weighted by atomic mass is 16.4. The van der Waals surface area contributed by atoms with Crippen LogP contribution in [0.1, 0.15) is 39.0 Å². The molecule has 4 unspecified atom stereocenters. The summed E-state index contributed by atoms with van der Waals surface area (Å²) in [6, 6.07) is 0.838. The van der Waals surface area contributed by atoms with Crippen LogP contribution in [0.5, 0.6) is 0 Å². The largest absolute Gasteiger partial charge is 0.481 e. The summed E-state index contributed by atoms with van der Waals surface area (Å²) >= 11 is 0. The van der Waals surface area contributed by atoms with E-state index in [1.807, 2.05) is 0 Å². The lowest BCUT2D eigenvalue weighted by molar-refractivity contribution is -0.154. The highest BCUT2D eigenvalue weighted by molar-refractivity contribution is 5.82. The molecule has 3 fully saturated rings. The Bertz CT molecular complexity index is 411. The van der Waals surface area contributed by atoms with Crippen LogP contribution in [0.2, 0.25) is 0 Å². The van der Waals surface area contributed by atoms with Crippen molar-refractivity contribution in [2.24, 2.45) is 11.3 Å². The number of amides is 1. The van der Waals surface area contributed by atoms with E-state index < -0.39 is 11.4 Å². The van der Waals surface area contributed by atoms with Crippen LogP contribution in [0.3, 0.4) is 0 Å². The molecule has 0 aromatic heterocycles. The van der Waals surface area contributed by atoms with Crippen molar-refractivity contribution in [3.63, 3.8) is 0 Å². The number of carboxylic acid groups (broad SMARTS) is 1. The van der Waals surface area contributed by atoms with Gasteiger partial charge in [-0.15, -0.1) is 0 Å². The Morgan fingerprint density at radius 1 is 1.37 bits per heavy atom. The maximum absolute atomic E-state index is 12.6. The minimum absolute atomic E-state index is 0.0786. The van der Waals surface area contributed by atoms with Gasteiger partial charge in [-0.3, -0.25) is 9.59 Å². The van der Waals surface area contributed by atoms with Crippen LogP contribution in [0.15, 0.2) is 0 Å². The van der Waals surface area contributed by atoms with Crippen LogP contribution in [-0.2, 0) is 9.59 Å². The van der Waals surface area contributed by atoms with Gasteiger partial charge in [0.2, 0.25) is 5.91 Å². The Balaban J connectivity index is 1.68. The first-order valence-corrected chi connectivity index (χ1v) is 7.28. The summed E-state index contributed by atoms with van der Waals surface area (Å²) in [5, 5.41) is 12.8. The number of rotatable bonds is 2. The normalized spacial score (nSPS) is 41.5. The topological polar surface area (TPSA) is 69.6 Å². The fraction of sp³-hybridized carbons (Fsp3) is 0.857. The Morgan fingerprint density at radius 2 is 2.16 bits per heavy atom. The predicted molar refractivity (Wildman–Crippen MR) is 69.6 cm³/mol. The summed E-state index contributed by atoms with van der Waals surface area (Å²) < 4.78 is 0. The molecule has 2 N–H and O–H groups in total. The molecule has 106 valence electrons. The second-order valence-electron chi connectivity index (χ2n) is 6.62. The highest BCUT2D eigenvalue weighted by Crippen LogP contribution is 2.36. The molecule has 19 heavy (non-hydrogen) atoms. The summed E-state index contributed by atoms with van der Waals surface area (Å²) in [5.41, 5.74) is -0.765. The number of nitrogens with one attached hydrogen (secondary N) is 1. The minimum atomic E-state index is -0.781. The molecule has 0 aromatic carbocycles. The first-order valence-electron chi connectivity index (χ1n) is 7.28. The second-order valence-corrected chi connectivity index (χ2v) is 6.62. The zero-order chi connectivity index (χ0) is 13.6. The molecular weight excluding hydrogens is 244 g/mol. The van der Waals surface area contributed by atoms with E-state index in [2.05, 4.69) is 5.32 Å². The summed E-state index contributed by atoms with van der Waals surface area (Å²) in [4.78, 5) is 25.7. The highest BCUT2D eigenvalue weighted by Gasteiger charge is 2.46. The van der Waals surface area contributed by atoms with E-state index in [1.54, 1.807) is 11.8 Å². The maximum atomic E-state index is 12.6. The molecular formula is C14H22N2O3. The molecule has 0 spiro atoms. The second kappa shape index (κ2) is 4.47. The number of carboxylic acids is 1. The van der Waals surface area contributed by atoms with E-state index in [0.717, 1.165) is 25.8 Å². The fourth-order valence-corrected chi connectivity index (χ4v) is 3.93. The Hall–Kier alpha value is -1.10. The standard InChI is InChI=1S/C14H22N2O3/c1-14(13(18)19)5-2-6-16(8-14)12(17)10-7-9-3-4-11(10)15-9/h9-11,15H,2-8H2,1H3,(H,18,19). The average molecular weight is 266 g/mol. The van der Waals surface area contributed by atoms with E-state index in [0.29, 0.717) is 25.0 Å². The number of aliphatic carboxylic acids is 1. The monoisotopic (exact) mass is 266 g/mol. The number of nitrogens with zero attached hydrogens (tertiary/aromatic N) is 1. The molecule has 5 heteroatoms. The Labute approximate surface area is 113 Å². The van der Waals surface area contributed by atoms with Crippen molar-refractivity contribution in [1.29, 1.82) is 0 Å². The van der Waals surface area contributed by atoms with Gasteiger partial charge >= 0.3 is 5.97 Å². The lowest BCUT2D eigenvalue weighted by Crippen LogP contribution is -2.51. The fourth-order valence-electron chi connectivity index (χ4n) is 3.93. The number of fused-ring (bicyclic) bond motifs is 2. The molecule has 3 aliphatic rings. The summed E-state index contributed by atoms with van der Waals surface area (Å²) in [6.45, 7) is 2.85. The van der Waals surface area contributed by atoms with Crippen molar-refractivity contribution in [2.45, 2.75) is 51.1 Å². The number of carbonyl (C=O) groups is 2. The SMILES string of the molecule is CC1(C(=O)O)CCCN(C(=O)C2CC3CCC2N3)C1. The Kier molecular flexibility index (Phi) is 3.04. The van der Waals surface area contributed by atoms with Gasteiger partial charge in [-0.1, -0.05) is 0 Å². The van der Waals surface area contributed by atoms with E-state index in [9.17, 15) is 14.7 Å². The molecule has 0 aromatic rings. The van der Waals surface area contributed by atoms with Gasteiger partial charge in [-0.2, -0.15) is 0 Å². The van der Waals surface area contributed by atoms with Crippen LogP contribution in [0, 0.1) is 11.3 Å². The quantitative estimate of drug-likeness (QED) is 0.777. The molecule has 0 saturated carbocycles. The van der Waals surface area contributed by atoms with Crippen LogP contribution in [0.25, 0.3) is 0 Å². The number of hydrogen-bond donors (Lipinski definition) is 2. The maximum Gasteiger partial charge on any atom is 0.311 e. The third kappa shape index (κ3) is 2.14. The summed E-state index contributed by atoms with van der Waals surface area (Å²) in [7, 11) is 0. The lowest BCUT2D eigenvalue weighted by atomic mass is 9.80. The van der Waals surface area contributed by atoms with E-state index in [-0.39, 0.29) is 11.8 Å². The van der Waals surface area contributed by atoms with Gasteiger partial charge in [0.1, 0.15) is 0 Å². The lowest BCUT2D eigenvalue weighted by Gasteiger charge is -2.39. The molecule has 5 nitrogen and oxygen atoms in total. The number of likely N-dealkylation sites (tertiary alicyclic amines) is 1. The van der Waals surface area contributed by atoms with Crippen LogP contribution < -0.4 is 5.32 Å². The van der Waals surface area contributed by atoms with Gasteiger partial charge in [0.25, 0.3) is 0 Å². The minimum Gasteiger partial charge on any atom is -0.481 e. The van der Waals surface area contributed by atoms with Gasteiger partial charge < -0.3 is 15.3 Å². The van der Waals surface area contributed by atoms with Gasteiger partial charge in [-0.25, -0.2) is 0 Å². The first kappa shape index (κ1) is 12.9. The van der Waals surface area contributed by atoms with Gasteiger partial charge in [0, 0.05) is 25.2 Å². The number of piperidine rings is 1. The van der Waals surface area contributed by atoms with Gasteiger partial charge in [-0.05, 0) is 39.0 Å². The van der Waals surface area contributed by atoms with Crippen molar-refractivity contribution in [3.05, 3.63) is 0 Å². The molecule has 1 amide bonds. The molecule has 3 saturated heterocycles. The van der Waals surface area contributed by atoms with Crippen molar-refractivity contribution in [2.75, 3.05) is 13.1 Å². The van der Waals surface area contributed by atoms with Crippen LogP contribution in [-0.4, -0.2) is 47.1 Å². The van der Waals surface area contributed by atoms with Crippen molar-refractivity contribution in [3.8, 4) is 0 Å². The number of hydrogen-bond acceptors (Lipinski definition) is 3. The smallest absolute Gasteiger partial charge is 0.311 e. The third-order valence-electron chi connectivity index (χ3n) is 5.14. The van der Waals surface area contributed by atoms with Crippen LogP contribution >= 0.6 is 0 Å². The molecule has 3 aliphatic heterocycles. The average Bonchev–Trinajstić information content (AvgIpc) is 3.00. The van der Waals surface area contributed by atoms with Crippen molar-refractivity contribution >= 4 is 11.9 Å². The van der Waals surface area contributed by atoms with Gasteiger partial charge in [0.05, 0.1) is 11.3 Å². The van der Waals surface area contributed by atoms with E-state index >= 15 is 0 Å². The first-order chi connectivity index (χ1) is 8.99. The van der Waals surface area contributed by atoms with Crippen molar-refractivity contribution < 1.29 is 14.7 Å². The predicted octanol–water partition coefficient (Wildman–Crippen LogP) is 0.840. The molecule has 2 bridgehead atoms. The third-order valence-corrected chi connectivity index (χ3v) is 5.14. The molecule has 0 aliphatic carbocycles. The summed E-state index contributed by atoms with van der Waals surface area (Å²) in [6.07, 6.45) is 4.67. The molecule has 3 heterocycles. The zero-order valence-electron chi connectivity index (χ0n) is 11.4. The van der Waals surface area contributed by atoms with Crippen molar-refractivity contribution in [1.82, 2.24) is 10.2 Å². The van der Waals surface area contributed by atoms with Gasteiger partial charge in [0.15, 0.2) is 0 Å². The molecule has 0 radical (unpaired) electrons. The van der Waals surface area contributed by atoms with E-state index in [4.69, 9.17) is 0 Å². The van der Waals surface area contributed by atoms with E-state index in [1.165, 1.54) is 6.42 Å². The summed E-state index contributed by atoms with van der Waals surface area (Å²) in [5.74, 6) is -0.530. The molecule has 4 atom stereocenters.